The van der Waals surface area contributed by atoms with Gasteiger partial charge in [0.2, 0.25) is 5.54 Å². The second kappa shape index (κ2) is 9.38. The Kier molecular flexibility index (Phi) is 7.47. The Labute approximate surface area is 160 Å². The molecule has 0 bridgehead atoms. The van der Waals surface area contributed by atoms with E-state index in [2.05, 4.69) is 18.2 Å². The highest BCUT2D eigenvalue weighted by molar-refractivity contribution is 7.99. The maximum Gasteiger partial charge on any atom is 0.228 e. The van der Waals surface area contributed by atoms with Gasteiger partial charge in [0.25, 0.3) is 0 Å². The summed E-state index contributed by atoms with van der Waals surface area (Å²) < 4.78 is 0. The Morgan fingerprint density at radius 1 is 1.38 bits per heavy atom. The number of thioether (sulfide) groups is 1. The predicted molar refractivity (Wildman–Crippen MR) is 108 cm³/mol. The molecule has 1 aliphatic carbocycles. The summed E-state index contributed by atoms with van der Waals surface area (Å²) in [7, 11) is 0. The van der Waals surface area contributed by atoms with Gasteiger partial charge in [-0.25, -0.2) is 0 Å². The first-order valence-corrected chi connectivity index (χ1v) is 10.2. The standard InChI is InChI=1S/C21H29NO3S/c1-16(2)13-19(23)14-17(3)21(22(24)25)11-9-18(10-12-21)15-26-20-7-5-4-6-8-20/h4-9,13,17,19,23H,10-12,14-15H2,1-3H3/t17-,19-,21?/m1/s1. The van der Waals surface area contributed by atoms with Gasteiger partial charge in [-0.3, -0.25) is 10.1 Å². The molecule has 1 unspecified atom stereocenters. The summed E-state index contributed by atoms with van der Waals surface area (Å²) in [5, 5.41) is 22.0. The molecular formula is C21H29NO3S. The zero-order valence-corrected chi connectivity index (χ0v) is 16.7. The van der Waals surface area contributed by atoms with Crippen molar-refractivity contribution >= 4 is 11.8 Å². The second-order valence-corrected chi connectivity index (χ2v) is 8.53. The number of nitro groups is 1. The molecule has 3 atom stereocenters. The maximum atomic E-state index is 11.9. The van der Waals surface area contributed by atoms with Gasteiger partial charge in [0.15, 0.2) is 0 Å². The molecule has 1 aromatic rings. The van der Waals surface area contributed by atoms with Gasteiger partial charge in [-0.2, -0.15) is 0 Å². The predicted octanol–water partition coefficient (Wildman–Crippen LogP) is 5.26. The van der Waals surface area contributed by atoms with Crippen molar-refractivity contribution in [2.75, 3.05) is 5.75 Å². The molecular weight excluding hydrogens is 346 g/mol. The maximum absolute atomic E-state index is 11.9. The van der Waals surface area contributed by atoms with Crippen LogP contribution in [0.4, 0.5) is 0 Å². The third-order valence-electron chi connectivity index (χ3n) is 5.19. The van der Waals surface area contributed by atoms with Crippen LogP contribution in [0.25, 0.3) is 0 Å². The second-order valence-electron chi connectivity index (χ2n) is 7.48. The van der Waals surface area contributed by atoms with Crippen molar-refractivity contribution in [3.05, 3.63) is 63.7 Å². The highest BCUT2D eigenvalue weighted by Gasteiger charge is 2.48. The molecule has 5 heteroatoms. The van der Waals surface area contributed by atoms with Crippen LogP contribution in [0, 0.1) is 16.0 Å². The summed E-state index contributed by atoms with van der Waals surface area (Å²) in [4.78, 5) is 13.0. The van der Waals surface area contributed by atoms with Crippen LogP contribution < -0.4 is 0 Å². The quantitative estimate of drug-likeness (QED) is 0.291. The van der Waals surface area contributed by atoms with E-state index in [1.54, 1.807) is 17.8 Å². The largest absolute Gasteiger partial charge is 0.389 e. The molecule has 0 saturated carbocycles. The molecule has 0 radical (unpaired) electrons. The van der Waals surface area contributed by atoms with E-state index in [1.807, 2.05) is 39.0 Å². The Balaban J connectivity index is 2.01. The van der Waals surface area contributed by atoms with Gasteiger partial charge in [0.05, 0.1) is 6.10 Å². The number of benzene rings is 1. The number of aliphatic hydroxyl groups is 1. The molecule has 26 heavy (non-hydrogen) atoms. The average molecular weight is 376 g/mol. The SMILES string of the molecule is CC(C)=C[C@@H](O)C[C@@H](C)C1([N+](=O)[O-])CC=C(CSc2ccccc2)CC1. The molecule has 4 nitrogen and oxygen atoms in total. The highest BCUT2D eigenvalue weighted by atomic mass is 32.2. The third kappa shape index (κ3) is 5.45. The lowest BCUT2D eigenvalue weighted by Crippen LogP contribution is -2.46. The van der Waals surface area contributed by atoms with Crippen molar-refractivity contribution in [1.29, 1.82) is 0 Å². The van der Waals surface area contributed by atoms with Crippen LogP contribution >= 0.6 is 11.8 Å². The molecule has 142 valence electrons. The average Bonchev–Trinajstić information content (AvgIpc) is 2.60. The van der Waals surface area contributed by atoms with Crippen LogP contribution in [0.1, 0.15) is 46.5 Å². The summed E-state index contributed by atoms with van der Waals surface area (Å²) in [5.74, 6) is 0.703. The summed E-state index contributed by atoms with van der Waals surface area (Å²) in [6, 6.07) is 10.2. The normalized spacial score (nSPS) is 22.2. The first-order chi connectivity index (χ1) is 12.3. The molecule has 1 N–H and O–H groups in total. The fourth-order valence-electron chi connectivity index (χ4n) is 3.55. The Bertz CT molecular complexity index is 667. The lowest BCUT2D eigenvalue weighted by Gasteiger charge is -2.34. The third-order valence-corrected chi connectivity index (χ3v) is 6.31. The molecule has 0 aromatic heterocycles. The Morgan fingerprint density at radius 2 is 2.08 bits per heavy atom. The molecule has 1 aliphatic rings. The van der Waals surface area contributed by atoms with Crippen molar-refractivity contribution in [3.63, 3.8) is 0 Å². The van der Waals surface area contributed by atoms with Gasteiger partial charge in [-0.15, -0.1) is 11.8 Å². The van der Waals surface area contributed by atoms with Crippen LogP contribution in [-0.4, -0.2) is 27.4 Å². The highest BCUT2D eigenvalue weighted by Crippen LogP contribution is 2.39. The van der Waals surface area contributed by atoms with Crippen molar-refractivity contribution in [1.82, 2.24) is 0 Å². The van der Waals surface area contributed by atoms with Crippen molar-refractivity contribution in [3.8, 4) is 0 Å². The molecule has 0 spiro atoms. The fourth-order valence-corrected chi connectivity index (χ4v) is 4.52. The molecule has 0 aliphatic heterocycles. The van der Waals surface area contributed by atoms with E-state index < -0.39 is 11.6 Å². The number of nitrogens with zero attached hydrogens (tertiary/aromatic N) is 1. The van der Waals surface area contributed by atoms with Gasteiger partial charge in [0.1, 0.15) is 0 Å². The van der Waals surface area contributed by atoms with Crippen LogP contribution in [0.3, 0.4) is 0 Å². The minimum absolute atomic E-state index is 0.107. The molecule has 0 amide bonds. The first kappa shape index (κ1) is 20.7. The van der Waals surface area contributed by atoms with Crippen molar-refractivity contribution in [2.45, 2.75) is 63.0 Å². The Morgan fingerprint density at radius 3 is 2.62 bits per heavy atom. The van der Waals surface area contributed by atoms with Gasteiger partial charge in [-0.05, 0) is 38.8 Å². The van der Waals surface area contributed by atoms with Crippen molar-refractivity contribution < 1.29 is 10.0 Å². The molecule has 0 heterocycles. The van der Waals surface area contributed by atoms with E-state index in [-0.39, 0.29) is 10.8 Å². The summed E-state index contributed by atoms with van der Waals surface area (Å²) in [6.07, 6.45) is 5.40. The summed E-state index contributed by atoms with van der Waals surface area (Å²) in [6.45, 7) is 5.76. The summed E-state index contributed by atoms with van der Waals surface area (Å²) in [5.41, 5.74) is 1.36. The molecule has 1 aromatic carbocycles. The van der Waals surface area contributed by atoms with Gasteiger partial charge in [0, 0.05) is 34.3 Å². The molecule has 0 saturated heterocycles. The van der Waals surface area contributed by atoms with E-state index in [4.69, 9.17) is 0 Å². The van der Waals surface area contributed by atoms with E-state index in [0.29, 0.717) is 19.3 Å². The number of aliphatic hydroxyl groups excluding tert-OH is 1. The van der Waals surface area contributed by atoms with Gasteiger partial charge >= 0.3 is 0 Å². The van der Waals surface area contributed by atoms with E-state index >= 15 is 0 Å². The van der Waals surface area contributed by atoms with E-state index in [1.165, 1.54) is 10.5 Å². The molecule has 2 rings (SSSR count). The topological polar surface area (TPSA) is 63.4 Å². The smallest absolute Gasteiger partial charge is 0.228 e. The number of hydrogen-bond acceptors (Lipinski definition) is 4. The summed E-state index contributed by atoms with van der Waals surface area (Å²) >= 11 is 1.78. The first-order valence-electron chi connectivity index (χ1n) is 9.17. The van der Waals surface area contributed by atoms with Crippen LogP contribution in [0.5, 0.6) is 0 Å². The van der Waals surface area contributed by atoms with E-state index in [0.717, 1.165) is 17.7 Å². The van der Waals surface area contributed by atoms with Crippen molar-refractivity contribution in [2.24, 2.45) is 5.92 Å². The zero-order chi connectivity index (χ0) is 19.2. The van der Waals surface area contributed by atoms with Crippen LogP contribution in [0.2, 0.25) is 0 Å². The zero-order valence-electron chi connectivity index (χ0n) is 15.9. The molecule has 0 fully saturated rings. The lowest BCUT2D eigenvalue weighted by molar-refractivity contribution is -0.582. The number of hydrogen-bond donors (Lipinski definition) is 1. The minimum Gasteiger partial charge on any atom is -0.389 e. The lowest BCUT2D eigenvalue weighted by atomic mass is 9.73. The number of allylic oxidation sites excluding steroid dienone is 1. The van der Waals surface area contributed by atoms with Gasteiger partial charge in [-0.1, -0.05) is 48.4 Å². The Hall–Kier alpha value is -1.59. The fraction of sp³-hybridized carbons (Fsp3) is 0.524. The van der Waals surface area contributed by atoms with E-state index in [9.17, 15) is 15.2 Å². The van der Waals surface area contributed by atoms with Crippen LogP contribution in [-0.2, 0) is 0 Å². The monoisotopic (exact) mass is 375 g/mol. The van der Waals surface area contributed by atoms with Crippen LogP contribution in [0.15, 0.2) is 58.5 Å². The number of rotatable bonds is 8. The minimum atomic E-state index is -0.961. The van der Waals surface area contributed by atoms with Gasteiger partial charge < -0.3 is 5.11 Å².